The lowest BCUT2D eigenvalue weighted by Crippen LogP contribution is -1.96. The maximum atomic E-state index is 6.20. The molecule has 0 bridgehead atoms. The average Bonchev–Trinajstić information content (AvgIpc) is 2.46. The second-order valence-electron chi connectivity index (χ2n) is 3.75. The second kappa shape index (κ2) is 3.70. The van der Waals surface area contributed by atoms with Crippen molar-refractivity contribution in [3.05, 3.63) is 46.2 Å². The molecular weight excluding hydrogens is 208 g/mol. The van der Waals surface area contributed by atoms with E-state index in [1.54, 1.807) is 4.68 Å². The molecule has 0 aliphatic rings. The topological polar surface area (TPSA) is 17.8 Å². The lowest BCUT2D eigenvalue weighted by Gasteiger charge is -2.03. The van der Waals surface area contributed by atoms with Crippen molar-refractivity contribution in [3.63, 3.8) is 0 Å². The Kier molecular flexibility index (Phi) is 2.53. The van der Waals surface area contributed by atoms with Gasteiger partial charge in [0.1, 0.15) is 5.15 Å². The number of hydrogen-bond donors (Lipinski definition) is 0. The molecule has 1 heterocycles. The highest BCUT2D eigenvalue weighted by atomic mass is 35.5. The molecule has 0 amide bonds. The highest BCUT2D eigenvalue weighted by Crippen LogP contribution is 2.22. The van der Waals surface area contributed by atoms with E-state index < -0.39 is 0 Å². The summed E-state index contributed by atoms with van der Waals surface area (Å²) >= 11 is 6.20. The number of benzene rings is 1. The zero-order chi connectivity index (χ0) is 11.0. The minimum absolute atomic E-state index is 0.693. The first-order valence-corrected chi connectivity index (χ1v) is 5.26. The van der Waals surface area contributed by atoms with E-state index >= 15 is 0 Å². The molecule has 0 aliphatic carbocycles. The average molecular weight is 221 g/mol. The summed E-state index contributed by atoms with van der Waals surface area (Å²) in [5, 5.41) is 5.10. The molecule has 1 aromatic carbocycles. The monoisotopic (exact) mass is 220 g/mol. The number of rotatable bonds is 1. The Labute approximate surface area is 94.5 Å². The Hall–Kier alpha value is -1.28. The van der Waals surface area contributed by atoms with Crippen molar-refractivity contribution in [1.29, 1.82) is 0 Å². The maximum Gasteiger partial charge on any atom is 0.136 e. The summed E-state index contributed by atoms with van der Waals surface area (Å²) in [7, 11) is 0. The van der Waals surface area contributed by atoms with Crippen LogP contribution in [0.2, 0.25) is 5.15 Å². The zero-order valence-corrected chi connectivity index (χ0v) is 9.84. The summed E-state index contributed by atoms with van der Waals surface area (Å²) < 4.78 is 1.78. The molecule has 0 atom stereocenters. The van der Waals surface area contributed by atoms with E-state index in [1.807, 2.05) is 26.0 Å². The van der Waals surface area contributed by atoms with Gasteiger partial charge >= 0.3 is 0 Å². The van der Waals surface area contributed by atoms with E-state index in [9.17, 15) is 0 Å². The summed E-state index contributed by atoms with van der Waals surface area (Å²) in [6.45, 7) is 6.01. The largest absolute Gasteiger partial charge is 0.222 e. The Morgan fingerprint density at radius 1 is 1.20 bits per heavy atom. The van der Waals surface area contributed by atoms with E-state index in [-0.39, 0.29) is 0 Å². The summed E-state index contributed by atoms with van der Waals surface area (Å²) in [5.74, 6) is 0. The van der Waals surface area contributed by atoms with Gasteiger partial charge in [-0.2, -0.15) is 5.10 Å². The first kappa shape index (κ1) is 10.2. The van der Waals surface area contributed by atoms with Gasteiger partial charge in [0, 0.05) is 5.56 Å². The molecule has 0 unspecified atom stereocenters. The number of hydrogen-bond acceptors (Lipinski definition) is 1. The van der Waals surface area contributed by atoms with Crippen molar-refractivity contribution >= 4 is 11.6 Å². The van der Waals surface area contributed by atoms with E-state index in [1.165, 1.54) is 5.56 Å². The van der Waals surface area contributed by atoms with Gasteiger partial charge in [0.2, 0.25) is 0 Å². The second-order valence-corrected chi connectivity index (χ2v) is 4.11. The van der Waals surface area contributed by atoms with Crippen LogP contribution in [0.4, 0.5) is 0 Å². The van der Waals surface area contributed by atoms with Gasteiger partial charge in [-0.3, -0.25) is 0 Å². The minimum atomic E-state index is 0.693. The van der Waals surface area contributed by atoms with Crippen molar-refractivity contribution in [1.82, 2.24) is 9.78 Å². The van der Waals surface area contributed by atoms with E-state index in [2.05, 4.69) is 24.2 Å². The van der Waals surface area contributed by atoms with Gasteiger partial charge in [-0.1, -0.05) is 23.7 Å². The highest BCUT2D eigenvalue weighted by Gasteiger charge is 2.10. The van der Waals surface area contributed by atoms with Crippen LogP contribution in [0.15, 0.2) is 24.3 Å². The van der Waals surface area contributed by atoms with Crippen LogP contribution in [-0.4, -0.2) is 9.78 Å². The van der Waals surface area contributed by atoms with Crippen molar-refractivity contribution in [2.45, 2.75) is 20.8 Å². The first-order chi connectivity index (χ1) is 7.09. The molecular formula is C12H13ClN2. The molecule has 0 fully saturated rings. The minimum Gasteiger partial charge on any atom is -0.222 e. The van der Waals surface area contributed by atoms with E-state index in [0.717, 1.165) is 16.9 Å². The summed E-state index contributed by atoms with van der Waals surface area (Å²) in [6.07, 6.45) is 0. The molecule has 78 valence electrons. The number of aryl methyl sites for hydroxylation is 2. The molecule has 2 aromatic rings. The third-order valence-electron chi connectivity index (χ3n) is 2.53. The lowest BCUT2D eigenvalue weighted by molar-refractivity contribution is 0.862. The number of halogens is 1. The first-order valence-electron chi connectivity index (χ1n) is 4.88. The van der Waals surface area contributed by atoms with Crippen LogP contribution in [0.1, 0.15) is 16.8 Å². The van der Waals surface area contributed by atoms with Crippen LogP contribution in [0.5, 0.6) is 0 Å². The molecule has 0 saturated heterocycles. The van der Waals surface area contributed by atoms with Crippen LogP contribution in [0, 0.1) is 20.8 Å². The Morgan fingerprint density at radius 3 is 2.47 bits per heavy atom. The van der Waals surface area contributed by atoms with Crippen molar-refractivity contribution in [2.24, 2.45) is 0 Å². The molecule has 0 saturated carbocycles. The molecule has 0 N–H and O–H groups in total. The van der Waals surface area contributed by atoms with E-state index in [0.29, 0.717) is 5.15 Å². The Balaban J connectivity index is 2.59. The van der Waals surface area contributed by atoms with Crippen molar-refractivity contribution in [2.75, 3.05) is 0 Å². The predicted molar refractivity (Wildman–Crippen MR) is 62.8 cm³/mol. The summed E-state index contributed by atoms with van der Waals surface area (Å²) in [4.78, 5) is 0. The van der Waals surface area contributed by atoms with Gasteiger partial charge < -0.3 is 0 Å². The fourth-order valence-electron chi connectivity index (χ4n) is 1.51. The third kappa shape index (κ3) is 1.77. The SMILES string of the molecule is Cc1cccc(-n2nc(C)c(C)c2Cl)c1. The Bertz CT molecular complexity index is 500. The molecule has 1 aromatic heterocycles. The third-order valence-corrected chi connectivity index (χ3v) is 2.98. The van der Waals surface area contributed by atoms with Gasteiger partial charge in [-0.05, 0) is 38.5 Å². The normalized spacial score (nSPS) is 10.7. The Morgan fingerprint density at radius 2 is 1.93 bits per heavy atom. The number of aromatic nitrogens is 2. The van der Waals surface area contributed by atoms with Crippen molar-refractivity contribution < 1.29 is 0 Å². The standard InChI is InChI=1S/C12H13ClN2/c1-8-5-4-6-11(7-8)15-12(13)9(2)10(3)14-15/h4-7H,1-3H3. The number of nitrogens with zero attached hydrogens (tertiary/aromatic N) is 2. The van der Waals surface area contributed by atoms with Crippen LogP contribution >= 0.6 is 11.6 Å². The molecule has 0 spiro atoms. The molecule has 0 radical (unpaired) electrons. The molecule has 2 nitrogen and oxygen atoms in total. The molecule has 0 aliphatic heterocycles. The maximum absolute atomic E-state index is 6.20. The van der Waals surface area contributed by atoms with Gasteiger partial charge in [0.15, 0.2) is 0 Å². The fourth-order valence-corrected chi connectivity index (χ4v) is 1.78. The molecule has 2 rings (SSSR count). The zero-order valence-electron chi connectivity index (χ0n) is 9.08. The highest BCUT2D eigenvalue weighted by molar-refractivity contribution is 6.30. The predicted octanol–water partition coefficient (Wildman–Crippen LogP) is 3.45. The summed E-state index contributed by atoms with van der Waals surface area (Å²) in [6, 6.07) is 8.14. The van der Waals surface area contributed by atoms with Gasteiger partial charge in [-0.25, -0.2) is 4.68 Å². The smallest absolute Gasteiger partial charge is 0.136 e. The lowest BCUT2D eigenvalue weighted by atomic mass is 10.2. The van der Waals surface area contributed by atoms with Crippen LogP contribution < -0.4 is 0 Å². The van der Waals surface area contributed by atoms with Gasteiger partial charge in [0.05, 0.1) is 11.4 Å². The molecule has 3 heteroatoms. The summed E-state index contributed by atoms with van der Waals surface area (Å²) in [5.41, 5.74) is 4.23. The fraction of sp³-hybridized carbons (Fsp3) is 0.250. The molecule has 15 heavy (non-hydrogen) atoms. The van der Waals surface area contributed by atoms with E-state index in [4.69, 9.17) is 11.6 Å². The van der Waals surface area contributed by atoms with Crippen LogP contribution in [0.3, 0.4) is 0 Å². The van der Waals surface area contributed by atoms with Crippen molar-refractivity contribution in [3.8, 4) is 5.69 Å². The van der Waals surface area contributed by atoms with Gasteiger partial charge in [0.25, 0.3) is 0 Å². The van der Waals surface area contributed by atoms with Crippen LogP contribution in [-0.2, 0) is 0 Å². The quantitative estimate of drug-likeness (QED) is 0.720. The van der Waals surface area contributed by atoms with Crippen LogP contribution in [0.25, 0.3) is 5.69 Å². The van der Waals surface area contributed by atoms with Gasteiger partial charge in [-0.15, -0.1) is 0 Å².